The first-order valence-electron chi connectivity index (χ1n) is 8.30. The van der Waals surface area contributed by atoms with Crippen molar-refractivity contribution in [1.82, 2.24) is 10.2 Å². The van der Waals surface area contributed by atoms with E-state index in [1.54, 1.807) is 0 Å². The maximum absolute atomic E-state index is 12.8. The summed E-state index contributed by atoms with van der Waals surface area (Å²) in [5, 5.41) is 5.82. The summed E-state index contributed by atoms with van der Waals surface area (Å²) in [7, 11) is 0. The Labute approximate surface area is 143 Å². The molecule has 4 heteroatoms. The second-order valence-corrected chi connectivity index (χ2v) is 6.61. The molecule has 23 heavy (non-hydrogen) atoms. The average molecular weight is 331 g/mol. The number of carbonyl (C=O) groups excluding carboxylic acids is 1. The number of fused-ring (bicyclic) bond motifs is 2. The minimum absolute atomic E-state index is 0. The molecule has 0 unspecified atom stereocenters. The Balaban J connectivity index is 0.00000156. The predicted molar refractivity (Wildman–Crippen MR) is 96.2 cm³/mol. The van der Waals surface area contributed by atoms with E-state index < -0.39 is 0 Å². The SMILES string of the molecule is Cl.O=C(c1ccc2ccccc2c1)N1CC[C@@H]2CNC[C@@H]2CC1. The van der Waals surface area contributed by atoms with Gasteiger partial charge >= 0.3 is 0 Å². The highest BCUT2D eigenvalue weighted by atomic mass is 35.5. The van der Waals surface area contributed by atoms with Crippen molar-refractivity contribution in [3.05, 3.63) is 48.0 Å². The number of benzene rings is 2. The lowest BCUT2D eigenvalue weighted by atomic mass is 9.92. The molecule has 0 aromatic heterocycles. The van der Waals surface area contributed by atoms with Crippen LogP contribution in [0.5, 0.6) is 0 Å². The Morgan fingerprint density at radius 2 is 1.61 bits per heavy atom. The molecule has 0 bridgehead atoms. The highest BCUT2D eigenvalue weighted by Gasteiger charge is 2.31. The van der Waals surface area contributed by atoms with Crippen LogP contribution in [0.15, 0.2) is 42.5 Å². The van der Waals surface area contributed by atoms with Gasteiger partial charge in [-0.05, 0) is 60.7 Å². The monoisotopic (exact) mass is 330 g/mol. The van der Waals surface area contributed by atoms with Crippen molar-refractivity contribution in [2.45, 2.75) is 12.8 Å². The average Bonchev–Trinajstić information content (AvgIpc) is 2.92. The number of halogens is 1. The lowest BCUT2D eigenvalue weighted by molar-refractivity contribution is 0.0758. The topological polar surface area (TPSA) is 32.3 Å². The number of hydrogen-bond acceptors (Lipinski definition) is 2. The number of hydrogen-bond donors (Lipinski definition) is 1. The molecule has 2 atom stereocenters. The van der Waals surface area contributed by atoms with E-state index in [0.29, 0.717) is 0 Å². The third-order valence-electron chi connectivity index (χ3n) is 5.30. The highest BCUT2D eigenvalue weighted by Crippen LogP contribution is 2.28. The first-order valence-corrected chi connectivity index (χ1v) is 8.30. The molecule has 2 fully saturated rings. The molecule has 2 aliphatic rings. The van der Waals surface area contributed by atoms with Crippen molar-refractivity contribution < 1.29 is 4.79 Å². The molecule has 2 aromatic rings. The van der Waals surface area contributed by atoms with Crippen LogP contribution >= 0.6 is 12.4 Å². The van der Waals surface area contributed by atoms with E-state index in [1.807, 2.05) is 24.3 Å². The van der Waals surface area contributed by atoms with Gasteiger partial charge < -0.3 is 10.2 Å². The fraction of sp³-hybridized carbons (Fsp3) is 0.421. The van der Waals surface area contributed by atoms with Gasteiger partial charge in [0.25, 0.3) is 5.91 Å². The normalized spacial score (nSPS) is 23.9. The lowest BCUT2D eigenvalue weighted by Gasteiger charge is -2.21. The number of amides is 1. The number of likely N-dealkylation sites (tertiary alicyclic amines) is 1. The summed E-state index contributed by atoms with van der Waals surface area (Å²) >= 11 is 0. The van der Waals surface area contributed by atoms with Crippen LogP contribution in [0.2, 0.25) is 0 Å². The number of nitrogens with zero attached hydrogens (tertiary/aromatic N) is 1. The summed E-state index contributed by atoms with van der Waals surface area (Å²) in [4.78, 5) is 14.9. The van der Waals surface area contributed by atoms with Crippen molar-refractivity contribution in [1.29, 1.82) is 0 Å². The van der Waals surface area contributed by atoms with Gasteiger partial charge in [-0.2, -0.15) is 0 Å². The summed E-state index contributed by atoms with van der Waals surface area (Å²) in [6.45, 7) is 4.05. The largest absolute Gasteiger partial charge is 0.339 e. The van der Waals surface area contributed by atoms with Gasteiger partial charge in [-0.15, -0.1) is 12.4 Å². The van der Waals surface area contributed by atoms with Crippen LogP contribution in [0.25, 0.3) is 10.8 Å². The molecule has 3 nitrogen and oxygen atoms in total. The molecule has 1 N–H and O–H groups in total. The van der Waals surface area contributed by atoms with Gasteiger partial charge in [0.05, 0.1) is 0 Å². The molecule has 0 radical (unpaired) electrons. The van der Waals surface area contributed by atoms with E-state index >= 15 is 0 Å². The quantitative estimate of drug-likeness (QED) is 0.869. The summed E-state index contributed by atoms with van der Waals surface area (Å²) < 4.78 is 0. The molecule has 2 aliphatic heterocycles. The van der Waals surface area contributed by atoms with Crippen molar-refractivity contribution in [2.24, 2.45) is 11.8 Å². The first-order chi connectivity index (χ1) is 10.8. The molecule has 0 saturated carbocycles. The molecule has 2 saturated heterocycles. The molecule has 122 valence electrons. The summed E-state index contributed by atoms with van der Waals surface area (Å²) in [5.74, 6) is 1.71. The van der Waals surface area contributed by atoms with Gasteiger partial charge in [-0.25, -0.2) is 0 Å². The Bertz CT molecular complexity index is 689. The Hall–Kier alpha value is -1.58. The molecule has 4 rings (SSSR count). The van der Waals surface area contributed by atoms with E-state index in [1.165, 1.54) is 5.39 Å². The van der Waals surface area contributed by atoms with Crippen molar-refractivity contribution in [3.8, 4) is 0 Å². The molecule has 2 heterocycles. The van der Waals surface area contributed by atoms with E-state index in [9.17, 15) is 4.79 Å². The second kappa shape index (κ2) is 6.90. The summed E-state index contributed by atoms with van der Waals surface area (Å²) in [6, 6.07) is 14.3. The Kier molecular flexibility index (Phi) is 4.88. The fourth-order valence-electron chi connectivity index (χ4n) is 3.93. The molecule has 0 spiro atoms. The predicted octanol–water partition coefficient (Wildman–Crippen LogP) is 3.33. The van der Waals surface area contributed by atoms with Gasteiger partial charge in [0.2, 0.25) is 0 Å². The van der Waals surface area contributed by atoms with Crippen molar-refractivity contribution in [3.63, 3.8) is 0 Å². The lowest BCUT2D eigenvalue weighted by Crippen LogP contribution is -2.32. The van der Waals surface area contributed by atoms with E-state index in [0.717, 1.165) is 61.8 Å². The Morgan fingerprint density at radius 1 is 0.957 bits per heavy atom. The zero-order chi connectivity index (χ0) is 14.9. The van der Waals surface area contributed by atoms with Crippen LogP contribution in [0.1, 0.15) is 23.2 Å². The minimum atomic E-state index is 0. The molecule has 0 aliphatic carbocycles. The zero-order valence-corrected chi connectivity index (χ0v) is 14.0. The van der Waals surface area contributed by atoms with Gasteiger partial charge in [0.1, 0.15) is 0 Å². The van der Waals surface area contributed by atoms with Gasteiger partial charge in [0.15, 0.2) is 0 Å². The van der Waals surface area contributed by atoms with Crippen LogP contribution < -0.4 is 5.32 Å². The highest BCUT2D eigenvalue weighted by molar-refractivity contribution is 5.98. The first kappa shape index (κ1) is 16.3. The van der Waals surface area contributed by atoms with Crippen LogP contribution in [0.3, 0.4) is 0 Å². The van der Waals surface area contributed by atoms with Crippen molar-refractivity contribution in [2.75, 3.05) is 26.2 Å². The van der Waals surface area contributed by atoms with Crippen LogP contribution in [0, 0.1) is 11.8 Å². The molecule has 2 aromatic carbocycles. The van der Waals surface area contributed by atoms with Gasteiger partial charge in [0, 0.05) is 18.7 Å². The Morgan fingerprint density at radius 3 is 2.30 bits per heavy atom. The summed E-state index contributed by atoms with van der Waals surface area (Å²) in [6.07, 6.45) is 2.27. The van der Waals surface area contributed by atoms with E-state index in [2.05, 4.69) is 28.4 Å². The van der Waals surface area contributed by atoms with E-state index in [-0.39, 0.29) is 18.3 Å². The number of carbonyl (C=O) groups is 1. The van der Waals surface area contributed by atoms with Crippen LogP contribution in [-0.4, -0.2) is 37.0 Å². The zero-order valence-electron chi connectivity index (χ0n) is 13.2. The van der Waals surface area contributed by atoms with E-state index in [4.69, 9.17) is 0 Å². The number of rotatable bonds is 1. The molecular formula is C19H23ClN2O. The third-order valence-corrected chi connectivity index (χ3v) is 5.30. The van der Waals surface area contributed by atoms with Gasteiger partial charge in [-0.3, -0.25) is 4.79 Å². The second-order valence-electron chi connectivity index (χ2n) is 6.61. The maximum atomic E-state index is 12.8. The summed E-state index contributed by atoms with van der Waals surface area (Å²) in [5.41, 5.74) is 0.823. The smallest absolute Gasteiger partial charge is 0.253 e. The number of nitrogens with one attached hydrogen (secondary N) is 1. The van der Waals surface area contributed by atoms with Gasteiger partial charge in [-0.1, -0.05) is 30.3 Å². The fourth-order valence-corrected chi connectivity index (χ4v) is 3.93. The maximum Gasteiger partial charge on any atom is 0.253 e. The minimum Gasteiger partial charge on any atom is -0.339 e. The standard InChI is InChI=1S/C19H22N2O.ClH/c22-19(16-6-5-14-3-1-2-4-15(14)11-16)21-9-7-17-12-20-13-18(17)8-10-21;/h1-6,11,17-18,20H,7-10,12-13H2;1H/t17-,18+;. The third kappa shape index (κ3) is 3.22. The van der Waals surface area contributed by atoms with Crippen LogP contribution in [-0.2, 0) is 0 Å². The molecular weight excluding hydrogens is 308 g/mol. The van der Waals surface area contributed by atoms with Crippen molar-refractivity contribution >= 4 is 29.1 Å². The molecule has 1 amide bonds. The van der Waals surface area contributed by atoms with Crippen LogP contribution in [0.4, 0.5) is 0 Å².